The van der Waals surface area contributed by atoms with Gasteiger partial charge in [-0.1, -0.05) is 0 Å². The van der Waals surface area contributed by atoms with Crippen LogP contribution in [0.1, 0.15) is 57.8 Å². The van der Waals surface area contributed by atoms with Gasteiger partial charge in [0, 0.05) is 57.1 Å². The Morgan fingerprint density at radius 1 is 0.774 bits per heavy atom. The van der Waals surface area contributed by atoms with Crippen molar-refractivity contribution in [1.82, 2.24) is 14.5 Å². The van der Waals surface area contributed by atoms with E-state index in [1.807, 2.05) is 0 Å². The predicted octanol–water partition coefficient (Wildman–Crippen LogP) is 3.24. The third-order valence-electron chi connectivity index (χ3n) is 6.44. The first kappa shape index (κ1) is 21.5. The summed E-state index contributed by atoms with van der Waals surface area (Å²) in [5.74, 6) is 0.240. The van der Waals surface area contributed by atoms with Crippen LogP contribution in [0.25, 0.3) is 0 Å². The Morgan fingerprint density at radius 2 is 1.32 bits per heavy atom. The molecule has 0 spiro atoms. The lowest BCUT2D eigenvalue weighted by molar-refractivity contribution is 0.170. The molecular formula is C22H34N6O3. The summed E-state index contributed by atoms with van der Waals surface area (Å²) >= 11 is 0. The van der Waals surface area contributed by atoms with Gasteiger partial charge in [0.1, 0.15) is 0 Å². The number of aromatic nitrogens is 1. The Bertz CT molecular complexity index is 849. The zero-order valence-electron chi connectivity index (χ0n) is 18.3. The number of nitrogens with zero attached hydrogens (tertiary/aromatic N) is 5. The van der Waals surface area contributed by atoms with Gasteiger partial charge in [0.25, 0.3) is 0 Å². The van der Waals surface area contributed by atoms with E-state index in [2.05, 4.69) is 15.2 Å². The summed E-state index contributed by atoms with van der Waals surface area (Å²) in [6.45, 7) is 4.64. The summed E-state index contributed by atoms with van der Waals surface area (Å²) in [7, 11) is 0. The third kappa shape index (κ3) is 5.32. The monoisotopic (exact) mass is 430 g/mol. The number of carbonyl (C=O) groups is 2. The third-order valence-corrected chi connectivity index (χ3v) is 6.44. The van der Waals surface area contributed by atoms with Gasteiger partial charge in [-0.25, -0.2) is 9.59 Å². The molecule has 0 atom stereocenters. The summed E-state index contributed by atoms with van der Waals surface area (Å²) < 4.78 is 0.830. The van der Waals surface area contributed by atoms with Crippen LogP contribution in [0, 0.1) is 0 Å². The molecule has 31 heavy (non-hydrogen) atoms. The molecule has 3 aliphatic rings. The highest BCUT2D eigenvalue weighted by atomic mass is 16.5. The van der Waals surface area contributed by atoms with Gasteiger partial charge in [-0.2, -0.15) is 9.72 Å². The molecule has 4 heterocycles. The summed E-state index contributed by atoms with van der Waals surface area (Å²) in [6.07, 6.45) is 9.60. The van der Waals surface area contributed by atoms with Crippen LogP contribution < -0.4 is 15.7 Å². The van der Waals surface area contributed by atoms with Crippen LogP contribution in [0.3, 0.4) is 0 Å². The zero-order valence-corrected chi connectivity index (χ0v) is 18.3. The van der Waals surface area contributed by atoms with Gasteiger partial charge < -0.3 is 19.9 Å². The highest BCUT2D eigenvalue weighted by Crippen LogP contribution is 2.22. The van der Waals surface area contributed by atoms with Gasteiger partial charge in [0.05, 0.1) is 0 Å². The standard InChI is InChI=1S/C22H34N6O3/c29-21(26-12-6-2-7-13-26)23-19-16-18(25-10-4-1-5-11-25)17-20(28(19)31)24-22(30)27-14-8-3-9-15-27/h16-17,31H,1-15H2,(H,23,29). The van der Waals surface area contributed by atoms with E-state index in [-0.39, 0.29) is 23.4 Å². The van der Waals surface area contributed by atoms with Crippen LogP contribution in [0.5, 0.6) is 0 Å². The zero-order chi connectivity index (χ0) is 21.6. The Hall–Kier alpha value is -2.71. The van der Waals surface area contributed by atoms with Crippen LogP contribution in [0.2, 0.25) is 0 Å². The molecule has 170 valence electrons. The number of likely N-dealkylation sites (tertiary alicyclic amines) is 2. The SMILES string of the molecule is O=C(N=c1cc(N2CCCCC2)cc(NC(=O)N2CCCCC2)n1O)N1CCCCC1. The summed E-state index contributed by atoms with van der Waals surface area (Å²) in [4.78, 5) is 35.4. The minimum absolute atomic E-state index is 0.146. The molecule has 0 aromatic carbocycles. The topological polar surface area (TPSA) is 93.4 Å². The molecule has 0 aliphatic carbocycles. The highest BCUT2D eigenvalue weighted by Gasteiger charge is 2.21. The number of rotatable bonds is 2. The molecule has 0 saturated carbocycles. The molecule has 0 bridgehead atoms. The van der Waals surface area contributed by atoms with Crippen LogP contribution in [-0.4, -0.2) is 71.1 Å². The largest absolute Gasteiger partial charge is 0.425 e. The highest BCUT2D eigenvalue weighted by molar-refractivity contribution is 5.89. The molecule has 0 radical (unpaired) electrons. The number of nitrogens with one attached hydrogen (secondary N) is 1. The summed E-state index contributed by atoms with van der Waals surface area (Å²) in [5.41, 5.74) is 1.01. The number of hydrogen-bond donors (Lipinski definition) is 2. The van der Waals surface area contributed by atoms with Crippen LogP contribution in [-0.2, 0) is 0 Å². The molecule has 4 rings (SSSR count). The van der Waals surface area contributed by atoms with E-state index in [1.54, 1.807) is 21.9 Å². The van der Waals surface area contributed by atoms with E-state index in [0.29, 0.717) is 26.2 Å². The average Bonchev–Trinajstić information content (AvgIpc) is 2.83. The molecule has 3 aliphatic heterocycles. The Labute approximate surface area is 183 Å². The van der Waals surface area contributed by atoms with Gasteiger partial charge in [-0.05, 0) is 57.8 Å². The lowest BCUT2D eigenvalue weighted by atomic mass is 10.1. The van der Waals surface area contributed by atoms with Crippen LogP contribution >= 0.6 is 0 Å². The second-order valence-electron chi connectivity index (χ2n) is 8.74. The molecule has 1 aromatic rings. The van der Waals surface area contributed by atoms with E-state index < -0.39 is 0 Å². The second kappa shape index (κ2) is 10.1. The van der Waals surface area contributed by atoms with E-state index >= 15 is 0 Å². The molecular weight excluding hydrogens is 396 g/mol. The second-order valence-corrected chi connectivity index (χ2v) is 8.74. The Balaban J connectivity index is 1.63. The number of carbonyl (C=O) groups excluding carboxylic acids is 2. The van der Waals surface area contributed by atoms with Crippen molar-refractivity contribution in [3.8, 4) is 0 Å². The average molecular weight is 431 g/mol. The Kier molecular flexibility index (Phi) is 6.99. The number of amides is 4. The quantitative estimate of drug-likeness (QED) is 0.705. The maximum atomic E-state index is 12.8. The molecule has 1 aromatic heterocycles. The number of urea groups is 2. The first-order chi connectivity index (χ1) is 15.1. The first-order valence-electron chi connectivity index (χ1n) is 11.7. The molecule has 9 nitrogen and oxygen atoms in total. The van der Waals surface area contributed by atoms with E-state index in [0.717, 1.165) is 74.9 Å². The van der Waals surface area contributed by atoms with Crippen molar-refractivity contribution in [3.05, 3.63) is 17.6 Å². The minimum Gasteiger partial charge on any atom is -0.425 e. The van der Waals surface area contributed by atoms with Crippen molar-refractivity contribution >= 4 is 23.6 Å². The normalized spacial score (nSPS) is 20.6. The molecule has 4 amide bonds. The van der Waals surface area contributed by atoms with Gasteiger partial charge in [0.2, 0.25) is 0 Å². The van der Waals surface area contributed by atoms with Gasteiger partial charge in [0.15, 0.2) is 11.3 Å². The number of anilines is 2. The molecule has 3 saturated heterocycles. The van der Waals surface area contributed by atoms with Gasteiger partial charge >= 0.3 is 12.1 Å². The fourth-order valence-electron chi connectivity index (χ4n) is 4.60. The first-order valence-corrected chi connectivity index (χ1v) is 11.7. The van der Waals surface area contributed by atoms with E-state index in [1.165, 1.54) is 6.42 Å². The van der Waals surface area contributed by atoms with Crippen molar-refractivity contribution in [2.75, 3.05) is 49.5 Å². The van der Waals surface area contributed by atoms with Gasteiger partial charge in [-0.3, -0.25) is 5.32 Å². The maximum Gasteiger partial charge on any atom is 0.345 e. The van der Waals surface area contributed by atoms with Crippen molar-refractivity contribution < 1.29 is 14.8 Å². The number of piperidine rings is 3. The number of pyridine rings is 1. The fraction of sp³-hybridized carbons (Fsp3) is 0.682. The van der Waals surface area contributed by atoms with Gasteiger partial charge in [-0.15, -0.1) is 0 Å². The van der Waals surface area contributed by atoms with Crippen LogP contribution in [0.15, 0.2) is 17.1 Å². The van der Waals surface area contributed by atoms with E-state index in [9.17, 15) is 14.8 Å². The van der Waals surface area contributed by atoms with Crippen molar-refractivity contribution in [2.24, 2.45) is 4.99 Å². The molecule has 3 fully saturated rings. The predicted molar refractivity (Wildman–Crippen MR) is 119 cm³/mol. The summed E-state index contributed by atoms with van der Waals surface area (Å²) in [5, 5.41) is 13.6. The van der Waals surface area contributed by atoms with E-state index in [4.69, 9.17) is 0 Å². The minimum atomic E-state index is -0.341. The lowest BCUT2D eigenvalue weighted by Crippen LogP contribution is -2.40. The van der Waals surface area contributed by atoms with Crippen molar-refractivity contribution in [2.45, 2.75) is 57.8 Å². The smallest absolute Gasteiger partial charge is 0.345 e. The maximum absolute atomic E-state index is 12.8. The molecule has 0 unspecified atom stereocenters. The molecule has 9 heteroatoms. The molecule has 2 N–H and O–H groups in total. The lowest BCUT2D eigenvalue weighted by Gasteiger charge is -2.30. The number of hydrogen-bond acceptors (Lipinski definition) is 4. The fourth-order valence-corrected chi connectivity index (χ4v) is 4.60. The Morgan fingerprint density at radius 3 is 1.94 bits per heavy atom. The summed E-state index contributed by atoms with van der Waals surface area (Å²) in [6, 6.07) is 2.94. The van der Waals surface area contributed by atoms with Crippen LogP contribution in [0.4, 0.5) is 21.1 Å². The van der Waals surface area contributed by atoms with Crippen molar-refractivity contribution in [3.63, 3.8) is 0 Å². The van der Waals surface area contributed by atoms with Crippen molar-refractivity contribution in [1.29, 1.82) is 0 Å².